The fourth-order valence-electron chi connectivity index (χ4n) is 1.42. The summed E-state index contributed by atoms with van der Waals surface area (Å²) in [4.78, 5) is 0. The molecule has 3 heteroatoms. The molecule has 0 fully saturated rings. The van der Waals surface area contributed by atoms with Crippen LogP contribution in [0.3, 0.4) is 0 Å². The second-order valence-electron chi connectivity index (χ2n) is 3.15. The van der Waals surface area contributed by atoms with Crippen LogP contribution in [0.25, 0.3) is 6.08 Å². The highest BCUT2D eigenvalue weighted by Gasteiger charge is 2.11. The Bertz CT molecular complexity index is 369. The van der Waals surface area contributed by atoms with Crippen molar-refractivity contribution in [3.05, 3.63) is 29.3 Å². The predicted octanol–water partition coefficient (Wildman–Crippen LogP) is 1.46. The van der Waals surface area contributed by atoms with Crippen molar-refractivity contribution in [2.24, 2.45) is 0 Å². The summed E-state index contributed by atoms with van der Waals surface area (Å²) < 4.78 is 10.5. The number of benzene rings is 1. The van der Waals surface area contributed by atoms with E-state index in [4.69, 9.17) is 14.6 Å². The summed E-state index contributed by atoms with van der Waals surface area (Å²) in [6, 6.07) is 5.62. The second-order valence-corrected chi connectivity index (χ2v) is 3.15. The van der Waals surface area contributed by atoms with Gasteiger partial charge in [-0.1, -0.05) is 0 Å². The van der Waals surface area contributed by atoms with Gasteiger partial charge in [-0.05, 0) is 29.8 Å². The number of hydrogen-bond donors (Lipinski definition) is 1. The van der Waals surface area contributed by atoms with Gasteiger partial charge in [0.15, 0.2) is 0 Å². The Labute approximate surface area is 82.6 Å². The molecule has 74 valence electrons. The summed E-state index contributed by atoms with van der Waals surface area (Å²) in [7, 11) is 1.63. The van der Waals surface area contributed by atoms with Crippen molar-refractivity contribution < 1.29 is 14.6 Å². The first-order valence-corrected chi connectivity index (χ1v) is 4.44. The Morgan fingerprint density at radius 2 is 2.36 bits per heavy atom. The molecule has 1 aliphatic heterocycles. The number of rotatable bonds is 2. The number of aliphatic hydroxyl groups is 1. The summed E-state index contributed by atoms with van der Waals surface area (Å²) in [5.74, 6) is 1.63. The molecule has 0 atom stereocenters. The van der Waals surface area contributed by atoms with Crippen LogP contribution in [0.15, 0.2) is 23.8 Å². The average molecular weight is 192 g/mol. The van der Waals surface area contributed by atoms with Crippen molar-refractivity contribution in [2.75, 3.05) is 20.3 Å². The van der Waals surface area contributed by atoms with Gasteiger partial charge < -0.3 is 14.6 Å². The zero-order chi connectivity index (χ0) is 9.97. The number of fused-ring (bicyclic) bond motifs is 1. The van der Waals surface area contributed by atoms with Crippen molar-refractivity contribution >= 4 is 6.08 Å². The van der Waals surface area contributed by atoms with E-state index in [-0.39, 0.29) is 6.61 Å². The molecule has 2 rings (SSSR count). The Morgan fingerprint density at radius 3 is 3.07 bits per heavy atom. The van der Waals surface area contributed by atoms with Crippen molar-refractivity contribution in [3.8, 4) is 11.5 Å². The van der Waals surface area contributed by atoms with Crippen LogP contribution in [0.4, 0.5) is 0 Å². The second kappa shape index (κ2) is 3.72. The van der Waals surface area contributed by atoms with E-state index in [0.717, 1.165) is 22.6 Å². The highest BCUT2D eigenvalue weighted by Crippen LogP contribution is 2.29. The van der Waals surface area contributed by atoms with Gasteiger partial charge in [-0.15, -0.1) is 0 Å². The first kappa shape index (κ1) is 9.09. The quantitative estimate of drug-likeness (QED) is 0.771. The first-order valence-electron chi connectivity index (χ1n) is 4.44. The lowest BCUT2D eigenvalue weighted by molar-refractivity contribution is 0.285. The van der Waals surface area contributed by atoms with E-state index in [1.165, 1.54) is 0 Å². The van der Waals surface area contributed by atoms with Gasteiger partial charge in [-0.2, -0.15) is 0 Å². The van der Waals surface area contributed by atoms with Gasteiger partial charge >= 0.3 is 0 Å². The summed E-state index contributed by atoms with van der Waals surface area (Å²) in [6.45, 7) is 0.506. The third-order valence-electron chi connectivity index (χ3n) is 2.19. The normalized spacial score (nSPS) is 14.0. The number of hydrogen-bond acceptors (Lipinski definition) is 3. The minimum absolute atomic E-state index is 0.0383. The van der Waals surface area contributed by atoms with Gasteiger partial charge in [0.25, 0.3) is 0 Å². The van der Waals surface area contributed by atoms with Crippen LogP contribution >= 0.6 is 0 Å². The van der Waals surface area contributed by atoms with E-state index in [0.29, 0.717) is 6.61 Å². The molecule has 1 aromatic carbocycles. The lowest BCUT2D eigenvalue weighted by Crippen LogP contribution is -2.09. The molecule has 1 N–H and O–H groups in total. The fraction of sp³-hybridized carbons (Fsp3) is 0.273. The van der Waals surface area contributed by atoms with E-state index in [1.807, 2.05) is 24.3 Å². The molecule has 0 aromatic heterocycles. The van der Waals surface area contributed by atoms with Crippen LogP contribution < -0.4 is 9.47 Å². The molecular weight excluding hydrogens is 180 g/mol. The van der Waals surface area contributed by atoms with Gasteiger partial charge in [0.1, 0.15) is 18.1 Å². The monoisotopic (exact) mass is 192 g/mol. The van der Waals surface area contributed by atoms with Crippen molar-refractivity contribution in [3.63, 3.8) is 0 Å². The Kier molecular flexibility index (Phi) is 2.41. The third-order valence-corrected chi connectivity index (χ3v) is 2.19. The first-order chi connectivity index (χ1) is 6.83. The van der Waals surface area contributed by atoms with E-state index in [9.17, 15) is 0 Å². The number of ether oxygens (including phenoxy) is 2. The standard InChI is InChI=1S/C11H12O3/c1-13-10-2-3-11-9(5-10)4-8(6-12)7-14-11/h2-5,12H,6-7H2,1H3. The smallest absolute Gasteiger partial charge is 0.127 e. The lowest BCUT2D eigenvalue weighted by Gasteiger charge is -2.17. The average Bonchev–Trinajstić information content (AvgIpc) is 2.27. The van der Waals surface area contributed by atoms with Gasteiger partial charge in [-0.25, -0.2) is 0 Å². The molecule has 0 aliphatic carbocycles. The molecule has 0 radical (unpaired) electrons. The SMILES string of the molecule is COc1ccc2c(c1)C=C(CO)CO2. The molecule has 0 spiro atoms. The number of methoxy groups -OCH3 is 1. The zero-order valence-electron chi connectivity index (χ0n) is 7.99. The Balaban J connectivity index is 2.39. The number of aliphatic hydroxyl groups excluding tert-OH is 1. The molecule has 1 aromatic rings. The van der Waals surface area contributed by atoms with Crippen LogP contribution in [-0.4, -0.2) is 25.4 Å². The van der Waals surface area contributed by atoms with Crippen LogP contribution in [0.5, 0.6) is 11.5 Å². The van der Waals surface area contributed by atoms with E-state index in [1.54, 1.807) is 7.11 Å². The van der Waals surface area contributed by atoms with Crippen molar-refractivity contribution in [1.82, 2.24) is 0 Å². The van der Waals surface area contributed by atoms with E-state index >= 15 is 0 Å². The summed E-state index contributed by atoms with van der Waals surface area (Å²) in [6.07, 6.45) is 1.93. The lowest BCUT2D eigenvalue weighted by atomic mass is 10.1. The van der Waals surface area contributed by atoms with E-state index in [2.05, 4.69) is 0 Å². The van der Waals surface area contributed by atoms with Gasteiger partial charge in [0, 0.05) is 5.56 Å². The zero-order valence-corrected chi connectivity index (χ0v) is 7.99. The molecule has 0 bridgehead atoms. The topological polar surface area (TPSA) is 38.7 Å². The largest absolute Gasteiger partial charge is 0.497 e. The predicted molar refractivity (Wildman–Crippen MR) is 53.6 cm³/mol. The maximum absolute atomic E-state index is 8.96. The highest BCUT2D eigenvalue weighted by molar-refractivity contribution is 5.64. The van der Waals surface area contributed by atoms with Gasteiger partial charge in [-0.3, -0.25) is 0 Å². The van der Waals surface area contributed by atoms with Crippen LogP contribution in [0.1, 0.15) is 5.56 Å². The third kappa shape index (κ3) is 1.59. The molecule has 14 heavy (non-hydrogen) atoms. The molecule has 3 nitrogen and oxygen atoms in total. The molecule has 0 saturated carbocycles. The molecular formula is C11H12O3. The maximum atomic E-state index is 8.96. The Morgan fingerprint density at radius 1 is 1.50 bits per heavy atom. The minimum Gasteiger partial charge on any atom is -0.497 e. The summed E-state index contributed by atoms with van der Waals surface area (Å²) >= 11 is 0. The summed E-state index contributed by atoms with van der Waals surface area (Å²) in [5.41, 5.74) is 1.84. The van der Waals surface area contributed by atoms with Crippen LogP contribution in [0, 0.1) is 0 Å². The molecule has 1 heterocycles. The Hall–Kier alpha value is -1.48. The molecule has 0 saturated heterocycles. The molecule has 0 amide bonds. The van der Waals surface area contributed by atoms with Gasteiger partial charge in [0.05, 0.1) is 13.7 Å². The highest BCUT2D eigenvalue weighted by atomic mass is 16.5. The minimum atomic E-state index is 0.0383. The van der Waals surface area contributed by atoms with E-state index < -0.39 is 0 Å². The molecule has 0 unspecified atom stereocenters. The summed E-state index contributed by atoms with van der Waals surface area (Å²) in [5, 5.41) is 8.96. The van der Waals surface area contributed by atoms with Crippen molar-refractivity contribution in [2.45, 2.75) is 0 Å². The van der Waals surface area contributed by atoms with Crippen LogP contribution in [0.2, 0.25) is 0 Å². The molecule has 1 aliphatic rings. The van der Waals surface area contributed by atoms with Gasteiger partial charge in [0.2, 0.25) is 0 Å². The van der Waals surface area contributed by atoms with Crippen molar-refractivity contribution in [1.29, 1.82) is 0 Å². The fourth-order valence-corrected chi connectivity index (χ4v) is 1.42. The maximum Gasteiger partial charge on any atom is 0.127 e. The van der Waals surface area contributed by atoms with Crippen LogP contribution in [-0.2, 0) is 0 Å².